The number of ether oxygens (including phenoxy) is 1. The summed E-state index contributed by atoms with van der Waals surface area (Å²) >= 11 is 0. The molecule has 0 fully saturated rings. The van der Waals surface area contributed by atoms with Crippen LogP contribution < -0.4 is 4.74 Å². The van der Waals surface area contributed by atoms with Gasteiger partial charge >= 0.3 is 5.97 Å². The number of benzene rings is 1. The van der Waals surface area contributed by atoms with Crippen LogP contribution >= 0.6 is 0 Å². The van der Waals surface area contributed by atoms with Gasteiger partial charge < -0.3 is 4.74 Å². The van der Waals surface area contributed by atoms with E-state index in [0.717, 1.165) is 6.08 Å². The standard InChI is InChI=1S/C10H9FO2/c1-3-10(12)13-8-4-5-9(11)7(2)6-8/h3-6H,1H2,2H3. The van der Waals surface area contributed by atoms with Crippen LogP contribution in [0.1, 0.15) is 5.56 Å². The highest BCUT2D eigenvalue weighted by molar-refractivity contribution is 5.83. The summed E-state index contributed by atoms with van der Waals surface area (Å²) in [6, 6.07) is 4.10. The summed E-state index contributed by atoms with van der Waals surface area (Å²) in [4.78, 5) is 10.7. The summed E-state index contributed by atoms with van der Waals surface area (Å²) in [5, 5.41) is 0. The number of rotatable bonds is 2. The van der Waals surface area contributed by atoms with Gasteiger partial charge in [-0.2, -0.15) is 0 Å². The van der Waals surface area contributed by atoms with Crippen LogP contribution in [0.3, 0.4) is 0 Å². The van der Waals surface area contributed by atoms with Crippen LogP contribution in [0.15, 0.2) is 30.9 Å². The minimum atomic E-state index is -0.550. The monoisotopic (exact) mass is 180 g/mol. The Morgan fingerprint density at radius 3 is 2.85 bits per heavy atom. The topological polar surface area (TPSA) is 26.3 Å². The van der Waals surface area contributed by atoms with Gasteiger partial charge in [-0.05, 0) is 30.7 Å². The molecule has 3 heteroatoms. The Morgan fingerprint density at radius 2 is 2.31 bits per heavy atom. The first-order chi connectivity index (χ1) is 6.13. The summed E-state index contributed by atoms with van der Waals surface area (Å²) in [6.07, 6.45) is 1.05. The van der Waals surface area contributed by atoms with E-state index in [2.05, 4.69) is 6.58 Å². The van der Waals surface area contributed by atoms with Crippen molar-refractivity contribution in [1.82, 2.24) is 0 Å². The number of hydrogen-bond donors (Lipinski definition) is 0. The molecule has 1 aromatic rings. The maximum atomic E-state index is 12.8. The van der Waals surface area contributed by atoms with E-state index in [1.165, 1.54) is 18.2 Å². The van der Waals surface area contributed by atoms with E-state index < -0.39 is 5.97 Å². The van der Waals surface area contributed by atoms with Crippen molar-refractivity contribution >= 4 is 5.97 Å². The zero-order valence-corrected chi connectivity index (χ0v) is 7.21. The van der Waals surface area contributed by atoms with Gasteiger partial charge in [-0.15, -0.1) is 0 Å². The van der Waals surface area contributed by atoms with Crippen molar-refractivity contribution in [3.05, 3.63) is 42.2 Å². The van der Waals surface area contributed by atoms with Gasteiger partial charge in [-0.3, -0.25) is 0 Å². The average molecular weight is 180 g/mol. The van der Waals surface area contributed by atoms with Crippen LogP contribution in [0, 0.1) is 12.7 Å². The molecule has 0 spiro atoms. The molecule has 0 saturated heterocycles. The highest BCUT2D eigenvalue weighted by Crippen LogP contribution is 2.15. The summed E-state index contributed by atoms with van der Waals surface area (Å²) < 4.78 is 17.5. The summed E-state index contributed by atoms with van der Waals surface area (Å²) in [5.74, 6) is -0.548. The SMILES string of the molecule is C=CC(=O)Oc1ccc(F)c(C)c1. The molecule has 0 heterocycles. The molecule has 0 amide bonds. The fourth-order valence-electron chi connectivity index (χ4n) is 0.838. The summed E-state index contributed by atoms with van der Waals surface area (Å²) in [6.45, 7) is 4.85. The lowest BCUT2D eigenvalue weighted by molar-refractivity contribution is -0.128. The van der Waals surface area contributed by atoms with Crippen molar-refractivity contribution in [3.63, 3.8) is 0 Å². The second-order valence-corrected chi connectivity index (χ2v) is 2.54. The molecule has 0 radical (unpaired) electrons. The molecular formula is C10H9FO2. The highest BCUT2D eigenvalue weighted by Gasteiger charge is 2.02. The Kier molecular flexibility index (Phi) is 2.80. The van der Waals surface area contributed by atoms with E-state index in [0.29, 0.717) is 11.3 Å². The van der Waals surface area contributed by atoms with Crippen LogP contribution in [0.4, 0.5) is 4.39 Å². The Balaban J connectivity index is 2.85. The van der Waals surface area contributed by atoms with E-state index in [1.807, 2.05) is 0 Å². The second kappa shape index (κ2) is 3.85. The molecule has 0 aliphatic rings. The lowest BCUT2D eigenvalue weighted by atomic mass is 10.2. The minimum absolute atomic E-state index is 0.321. The maximum absolute atomic E-state index is 12.8. The molecule has 68 valence electrons. The largest absolute Gasteiger partial charge is 0.423 e. The molecule has 1 aromatic carbocycles. The fourth-order valence-corrected chi connectivity index (χ4v) is 0.838. The molecule has 0 unspecified atom stereocenters. The normalized spacial score (nSPS) is 9.38. The number of carbonyl (C=O) groups is 1. The molecule has 0 aliphatic carbocycles. The number of esters is 1. The van der Waals surface area contributed by atoms with Crippen LogP contribution in [-0.2, 0) is 4.79 Å². The molecular weight excluding hydrogens is 171 g/mol. The number of aryl methyl sites for hydroxylation is 1. The molecule has 0 atom stereocenters. The second-order valence-electron chi connectivity index (χ2n) is 2.54. The summed E-state index contributed by atoms with van der Waals surface area (Å²) in [7, 11) is 0. The first-order valence-corrected chi connectivity index (χ1v) is 3.74. The molecule has 13 heavy (non-hydrogen) atoms. The van der Waals surface area contributed by atoms with Crippen molar-refractivity contribution in [2.75, 3.05) is 0 Å². The third-order valence-electron chi connectivity index (χ3n) is 1.51. The lowest BCUT2D eigenvalue weighted by Gasteiger charge is -2.02. The van der Waals surface area contributed by atoms with E-state index >= 15 is 0 Å². The van der Waals surface area contributed by atoms with Gasteiger partial charge in [0.15, 0.2) is 0 Å². The van der Waals surface area contributed by atoms with E-state index in [-0.39, 0.29) is 5.82 Å². The van der Waals surface area contributed by atoms with Gasteiger partial charge in [-0.1, -0.05) is 6.58 Å². The molecule has 2 nitrogen and oxygen atoms in total. The van der Waals surface area contributed by atoms with Crippen LogP contribution in [0.2, 0.25) is 0 Å². The van der Waals surface area contributed by atoms with Gasteiger partial charge in [-0.25, -0.2) is 9.18 Å². The van der Waals surface area contributed by atoms with Crippen LogP contribution in [-0.4, -0.2) is 5.97 Å². The molecule has 1 rings (SSSR count). The number of halogens is 1. The van der Waals surface area contributed by atoms with Crippen LogP contribution in [0.25, 0.3) is 0 Å². The first kappa shape index (κ1) is 9.45. The van der Waals surface area contributed by atoms with Crippen molar-refractivity contribution in [2.24, 2.45) is 0 Å². The predicted octanol–water partition coefficient (Wildman–Crippen LogP) is 2.23. The van der Waals surface area contributed by atoms with Gasteiger partial charge in [0.05, 0.1) is 0 Å². The molecule has 0 bridgehead atoms. The third kappa shape index (κ3) is 2.40. The van der Waals surface area contributed by atoms with Gasteiger partial charge in [0.25, 0.3) is 0 Å². The first-order valence-electron chi connectivity index (χ1n) is 3.74. The van der Waals surface area contributed by atoms with Crippen molar-refractivity contribution < 1.29 is 13.9 Å². The Labute approximate surface area is 75.6 Å². The fraction of sp³-hybridized carbons (Fsp3) is 0.100. The van der Waals surface area contributed by atoms with E-state index in [9.17, 15) is 9.18 Å². The highest BCUT2D eigenvalue weighted by atomic mass is 19.1. The molecule has 0 aromatic heterocycles. The number of hydrogen-bond acceptors (Lipinski definition) is 2. The molecule has 0 aliphatic heterocycles. The Morgan fingerprint density at radius 1 is 1.62 bits per heavy atom. The zero-order valence-electron chi connectivity index (χ0n) is 7.21. The molecule has 0 saturated carbocycles. The lowest BCUT2D eigenvalue weighted by Crippen LogP contribution is -2.03. The molecule has 0 N–H and O–H groups in total. The third-order valence-corrected chi connectivity index (χ3v) is 1.51. The van der Waals surface area contributed by atoms with Gasteiger partial charge in [0.1, 0.15) is 11.6 Å². The van der Waals surface area contributed by atoms with E-state index in [1.54, 1.807) is 6.92 Å². The average Bonchev–Trinajstić information content (AvgIpc) is 2.11. The maximum Gasteiger partial charge on any atom is 0.335 e. The van der Waals surface area contributed by atoms with Gasteiger partial charge in [0.2, 0.25) is 0 Å². The number of carbonyl (C=O) groups excluding carboxylic acids is 1. The zero-order chi connectivity index (χ0) is 9.84. The quantitative estimate of drug-likeness (QED) is 0.396. The minimum Gasteiger partial charge on any atom is -0.423 e. The van der Waals surface area contributed by atoms with Crippen molar-refractivity contribution in [1.29, 1.82) is 0 Å². The van der Waals surface area contributed by atoms with Crippen molar-refractivity contribution in [2.45, 2.75) is 6.92 Å². The van der Waals surface area contributed by atoms with Gasteiger partial charge in [0, 0.05) is 6.08 Å². The Bertz CT molecular complexity index is 345. The Hall–Kier alpha value is -1.64. The smallest absolute Gasteiger partial charge is 0.335 e. The van der Waals surface area contributed by atoms with Crippen LogP contribution in [0.5, 0.6) is 5.75 Å². The summed E-state index contributed by atoms with van der Waals surface area (Å²) in [5.41, 5.74) is 0.439. The van der Waals surface area contributed by atoms with Crippen molar-refractivity contribution in [3.8, 4) is 5.75 Å². The predicted molar refractivity (Wildman–Crippen MR) is 47.0 cm³/mol. The van der Waals surface area contributed by atoms with E-state index in [4.69, 9.17) is 4.74 Å².